The van der Waals surface area contributed by atoms with E-state index in [9.17, 15) is 9.59 Å². The molecule has 11 heteroatoms. The molecule has 0 atom stereocenters. The van der Waals surface area contributed by atoms with Crippen LogP contribution in [-0.2, 0) is 52.2 Å². The van der Waals surface area contributed by atoms with Crippen molar-refractivity contribution in [3.05, 3.63) is 0 Å². The van der Waals surface area contributed by atoms with Crippen molar-refractivity contribution in [3.63, 3.8) is 0 Å². The quantitative estimate of drug-likeness (QED) is 0.0662. The Morgan fingerprint density at radius 1 is 0.475 bits per heavy atom. The number of ether oxygens (including phenoxy) is 9. The Balaban J connectivity index is 3.09. The predicted molar refractivity (Wildman–Crippen MR) is 151 cm³/mol. The maximum atomic E-state index is 11.5. The number of hydrogen-bond acceptors (Lipinski definition) is 11. The van der Waals surface area contributed by atoms with Gasteiger partial charge in [-0.05, 0) is 33.6 Å². The van der Waals surface area contributed by atoms with E-state index in [0.717, 1.165) is 32.2 Å². The lowest BCUT2D eigenvalue weighted by Gasteiger charge is -2.19. The van der Waals surface area contributed by atoms with Gasteiger partial charge in [0.1, 0.15) is 18.5 Å². The van der Waals surface area contributed by atoms with Crippen LogP contribution in [0.15, 0.2) is 0 Å². The summed E-state index contributed by atoms with van der Waals surface area (Å²) in [7, 11) is 0. The average molecular weight is 581 g/mol. The van der Waals surface area contributed by atoms with E-state index in [-0.39, 0.29) is 19.0 Å². The van der Waals surface area contributed by atoms with Crippen molar-refractivity contribution in [2.24, 2.45) is 0 Å². The highest BCUT2D eigenvalue weighted by Gasteiger charge is 2.15. The van der Waals surface area contributed by atoms with Crippen LogP contribution in [0.2, 0.25) is 0 Å². The Morgan fingerprint density at radius 3 is 1.18 bits per heavy atom. The number of aldehydes is 1. The van der Waals surface area contributed by atoms with E-state index in [0.29, 0.717) is 92.5 Å². The predicted octanol–water partition coefficient (Wildman–Crippen LogP) is 3.39. The van der Waals surface area contributed by atoms with Crippen LogP contribution < -0.4 is 0 Å². The fourth-order valence-corrected chi connectivity index (χ4v) is 3.22. The lowest BCUT2D eigenvalue weighted by atomic mass is 10.1. The molecule has 0 saturated carbocycles. The minimum absolute atomic E-state index is 0.208. The zero-order chi connectivity index (χ0) is 29.4. The highest BCUT2D eigenvalue weighted by atomic mass is 16.6. The SMILES string of the molecule is CC(C)(C)OC(=O)CCOCCOCCOCCOCCOCCOCCOCCCCCCCCOCC=O. The molecule has 0 amide bonds. The summed E-state index contributed by atoms with van der Waals surface area (Å²) in [6.45, 7) is 13.6. The fourth-order valence-electron chi connectivity index (χ4n) is 3.22. The second-order valence-corrected chi connectivity index (χ2v) is 9.99. The lowest BCUT2D eigenvalue weighted by molar-refractivity contribution is -0.156. The van der Waals surface area contributed by atoms with Gasteiger partial charge in [-0.2, -0.15) is 0 Å². The van der Waals surface area contributed by atoms with Crippen LogP contribution in [0.1, 0.15) is 65.7 Å². The van der Waals surface area contributed by atoms with Gasteiger partial charge in [0.25, 0.3) is 0 Å². The average Bonchev–Trinajstić information content (AvgIpc) is 2.90. The van der Waals surface area contributed by atoms with Crippen LogP contribution in [0.25, 0.3) is 0 Å². The largest absolute Gasteiger partial charge is 0.460 e. The minimum Gasteiger partial charge on any atom is -0.460 e. The van der Waals surface area contributed by atoms with Crippen LogP contribution >= 0.6 is 0 Å². The topological polar surface area (TPSA) is 117 Å². The van der Waals surface area contributed by atoms with E-state index in [1.165, 1.54) is 19.3 Å². The summed E-state index contributed by atoms with van der Waals surface area (Å²) in [6.07, 6.45) is 7.83. The first-order chi connectivity index (χ1) is 19.5. The molecule has 0 aromatic heterocycles. The van der Waals surface area contributed by atoms with Crippen molar-refractivity contribution in [3.8, 4) is 0 Å². The Morgan fingerprint density at radius 2 is 0.800 bits per heavy atom. The number of esters is 1. The van der Waals surface area contributed by atoms with Crippen molar-refractivity contribution >= 4 is 12.3 Å². The third kappa shape index (κ3) is 34.8. The van der Waals surface area contributed by atoms with Crippen molar-refractivity contribution in [2.75, 3.05) is 106 Å². The summed E-state index contributed by atoms with van der Waals surface area (Å²) in [5.74, 6) is -0.261. The molecule has 0 aromatic carbocycles. The minimum atomic E-state index is -0.468. The van der Waals surface area contributed by atoms with Gasteiger partial charge in [-0.25, -0.2) is 0 Å². The molecule has 11 nitrogen and oxygen atoms in total. The molecule has 0 aliphatic carbocycles. The van der Waals surface area contributed by atoms with Crippen molar-refractivity contribution in [1.82, 2.24) is 0 Å². The smallest absolute Gasteiger partial charge is 0.308 e. The van der Waals surface area contributed by atoms with Gasteiger partial charge in [-0.3, -0.25) is 4.79 Å². The molecule has 40 heavy (non-hydrogen) atoms. The van der Waals surface area contributed by atoms with Gasteiger partial charge in [0, 0.05) is 13.2 Å². The van der Waals surface area contributed by atoms with Gasteiger partial charge in [-0.1, -0.05) is 25.7 Å². The molecule has 0 heterocycles. The first-order valence-corrected chi connectivity index (χ1v) is 14.7. The van der Waals surface area contributed by atoms with Crippen molar-refractivity contribution < 1.29 is 52.2 Å². The van der Waals surface area contributed by atoms with E-state index < -0.39 is 5.60 Å². The summed E-state index contributed by atoms with van der Waals surface area (Å²) < 4.78 is 48.6. The highest BCUT2D eigenvalue weighted by molar-refractivity contribution is 5.69. The first-order valence-electron chi connectivity index (χ1n) is 14.7. The maximum Gasteiger partial charge on any atom is 0.308 e. The molecule has 0 unspecified atom stereocenters. The normalized spacial score (nSPS) is 11.7. The second-order valence-electron chi connectivity index (χ2n) is 9.99. The van der Waals surface area contributed by atoms with E-state index in [1.807, 2.05) is 20.8 Å². The van der Waals surface area contributed by atoms with E-state index in [4.69, 9.17) is 42.6 Å². The third-order valence-electron chi connectivity index (χ3n) is 5.12. The molecule has 0 aliphatic heterocycles. The van der Waals surface area contributed by atoms with Gasteiger partial charge >= 0.3 is 5.97 Å². The van der Waals surface area contributed by atoms with Gasteiger partial charge in [-0.15, -0.1) is 0 Å². The third-order valence-corrected chi connectivity index (χ3v) is 5.12. The second kappa shape index (κ2) is 30.8. The van der Waals surface area contributed by atoms with Crippen LogP contribution in [0, 0.1) is 0 Å². The Hall–Kier alpha value is -1.18. The molecule has 0 fully saturated rings. The summed E-state index contributed by atoms with van der Waals surface area (Å²) >= 11 is 0. The van der Waals surface area contributed by atoms with Crippen LogP contribution in [0.5, 0.6) is 0 Å². The Kier molecular flexibility index (Phi) is 29.9. The van der Waals surface area contributed by atoms with E-state index >= 15 is 0 Å². The number of carbonyl (C=O) groups excluding carboxylic acids is 2. The number of unbranched alkanes of at least 4 members (excludes halogenated alkanes) is 5. The lowest BCUT2D eigenvalue weighted by Crippen LogP contribution is -2.24. The van der Waals surface area contributed by atoms with E-state index in [1.54, 1.807) is 0 Å². The molecular weight excluding hydrogens is 524 g/mol. The van der Waals surface area contributed by atoms with Crippen LogP contribution in [0.4, 0.5) is 0 Å². The van der Waals surface area contributed by atoms with Crippen molar-refractivity contribution in [1.29, 1.82) is 0 Å². The van der Waals surface area contributed by atoms with Crippen molar-refractivity contribution in [2.45, 2.75) is 71.3 Å². The van der Waals surface area contributed by atoms with Gasteiger partial charge in [0.2, 0.25) is 0 Å². The zero-order valence-corrected chi connectivity index (χ0v) is 25.3. The zero-order valence-electron chi connectivity index (χ0n) is 25.3. The maximum absolute atomic E-state index is 11.5. The Bertz CT molecular complexity index is 541. The molecule has 0 aliphatic rings. The first kappa shape index (κ1) is 38.8. The molecule has 0 rings (SSSR count). The molecule has 0 bridgehead atoms. The monoisotopic (exact) mass is 580 g/mol. The molecule has 0 aromatic rings. The summed E-state index contributed by atoms with van der Waals surface area (Å²) in [5.41, 5.74) is -0.468. The van der Waals surface area contributed by atoms with Gasteiger partial charge in [0.15, 0.2) is 0 Å². The Labute approximate surface area is 241 Å². The standard InChI is InChI=1S/C29H56O11/c1-29(2,3)40-28(31)10-14-34-17-19-36-21-23-38-25-27-39-26-24-37-22-20-35-18-16-33-13-9-7-5-4-6-8-12-32-15-11-30/h11H,4-10,12-27H2,1-3H3. The summed E-state index contributed by atoms with van der Waals surface area (Å²) in [5, 5.41) is 0. The summed E-state index contributed by atoms with van der Waals surface area (Å²) in [4.78, 5) is 21.7. The molecule has 0 radical (unpaired) electrons. The molecule has 238 valence electrons. The number of rotatable bonds is 32. The summed E-state index contributed by atoms with van der Waals surface area (Å²) in [6, 6.07) is 0. The molecular formula is C29H56O11. The van der Waals surface area contributed by atoms with Gasteiger partial charge in [0.05, 0.1) is 92.3 Å². The highest BCUT2D eigenvalue weighted by Crippen LogP contribution is 2.08. The van der Waals surface area contributed by atoms with E-state index in [2.05, 4.69) is 0 Å². The number of hydrogen-bond donors (Lipinski definition) is 0. The van der Waals surface area contributed by atoms with Crippen LogP contribution in [0.3, 0.4) is 0 Å². The van der Waals surface area contributed by atoms with Gasteiger partial charge < -0.3 is 47.4 Å². The number of carbonyl (C=O) groups is 2. The molecule has 0 saturated heterocycles. The van der Waals surface area contributed by atoms with Crippen LogP contribution in [-0.4, -0.2) is 124 Å². The molecule has 0 spiro atoms. The fraction of sp³-hybridized carbons (Fsp3) is 0.931. The molecule has 0 N–H and O–H groups in total.